The summed E-state index contributed by atoms with van der Waals surface area (Å²) in [5.74, 6) is 0.616. The van der Waals surface area contributed by atoms with Crippen LogP contribution in [-0.2, 0) is 20.6 Å². The summed E-state index contributed by atoms with van der Waals surface area (Å²) in [6.07, 6.45) is 0. The Morgan fingerprint density at radius 3 is 2.39 bits per heavy atom. The molecule has 1 atom stereocenters. The normalized spacial score (nSPS) is 13.2. The SMILES string of the molecule is CCn1c(C(C)N)nc2c1c(=O)n(C)c(=O)n2C. The fraction of sp³-hybridized carbons (Fsp3) is 0.545. The van der Waals surface area contributed by atoms with Crippen LogP contribution in [0.2, 0.25) is 0 Å². The molecular weight excluding hydrogens is 234 g/mol. The lowest BCUT2D eigenvalue weighted by Crippen LogP contribution is -2.37. The molecule has 1 unspecified atom stereocenters. The van der Waals surface area contributed by atoms with Crippen molar-refractivity contribution in [2.45, 2.75) is 26.4 Å². The van der Waals surface area contributed by atoms with Gasteiger partial charge in [0.05, 0.1) is 6.04 Å². The Balaban J connectivity index is 3.08. The van der Waals surface area contributed by atoms with Gasteiger partial charge in [0.15, 0.2) is 11.2 Å². The van der Waals surface area contributed by atoms with Crippen molar-refractivity contribution in [1.82, 2.24) is 18.7 Å². The molecule has 2 N–H and O–H groups in total. The first-order chi connectivity index (χ1) is 8.40. The summed E-state index contributed by atoms with van der Waals surface area (Å²) in [7, 11) is 3.06. The number of hydrogen-bond acceptors (Lipinski definition) is 4. The topological polar surface area (TPSA) is 87.8 Å². The molecule has 0 fully saturated rings. The number of nitrogens with zero attached hydrogens (tertiary/aromatic N) is 4. The van der Waals surface area contributed by atoms with E-state index in [-0.39, 0.29) is 17.3 Å². The Morgan fingerprint density at radius 2 is 1.89 bits per heavy atom. The lowest BCUT2D eigenvalue weighted by molar-refractivity contribution is 0.646. The molecule has 2 rings (SSSR count). The highest BCUT2D eigenvalue weighted by Crippen LogP contribution is 2.15. The first kappa shape index (κ1) is 12.6. The highest BCUT2D eigenvalue weighted by Gasteiger charge is 2.19. The van der Waals surface area contributed by atoms with Gasteiger partial charge < -0.3 is 10.3 Å². The second-order valence-corrected chi connectivity index (χ2v) is 4.38. The molecule has 0 aliphatic carbocycles. The Bertz CT molecular complexity index is 720. The van der Waals surface area contributed by atoms with Crippen molar-refractivity contribution in [2.24, 2.45) is 19.8 Å². The smallest absolute Gasteiger partial charge is 0.322 e. The second kappa shape index (κ2) is 4.09. The summed E-state index contributed by atoms with van der Waals surface area (Å²) in [6.45, 7) is 4.30. The van der Waals surface area contributed by atoms with Crippen LogP contribution in [0.3, 0.4) is 0 Å². The molecule has 2 heterocycles. The van der Waals surface area contributed by atoms with E-state index in [1.165, 1.54) is 11.6 Å². The van der Waals surface area contributed by atoms with Gasteiger partial charge in [0.25, 0.3) is 5.56 Å². The Kier molecular flexibility index (Phi) is 2.86. The Labute approximate surface area is 103 Å². The number of nitrogens with two attached hydrogens (primary N) is 1. The van der Waals surface area contributed by atoms with Crippen LogP contribution in [0.15, 0.2) is 9.59 Å². The van der Waals surface area contributed by atoms with E-state index in [1.54, 1.807) is 18.5 Å². The van der Waals surface area contributed by atoms with Gasteiger partial charge >= 0.3 is 5.69 Å². The maximum Gasteiger partial charge on any atom is 0.332 e. The first-order valence-corrected chi connectivity index (χ1v) is 5.81. The second-order valence-electron chi connectivity index (χ2n) is 4.38. The Hall–Kier alpha value is -1.89. The first-order valence-electron chi connectivity index (χ1n) is 5.81. The van der Waals surface area contributed by atoms with Crippen molar-refractivity contribution >= 4 is 11.2 Å². The van der Waals surface area contributed by atoms with Crippen molar-refractivity contribution in [3.8, 4) is 0 Å². The van der Waals surface area contributed by atoms with E-state index in [2.05, 4.69) is 4.98 Å². The van der Waals surface area contributed by atoms with Gasteiger partial charge in [-0.3, -0.25) is 13.9 Å². The largest absolute Gasteiger partial charge is 0.332 e. The van der Waals surface area contributed by atoms with E-state index in [9.17, 15) is 9.59 Å². The van der Waals surface area contributed by atoms with E-state index in [4.69, 9.17) is 5.73 Å². The molecule has 18 heavy (non-hydrogen) atoms. The van der Waals surface area contributed by atoms with Crippen LogP contribution in [0.25, 0.3) is 11.2 Å². The highest BCUT2D eigenvalue weighted by atomic mass is 16.2. The van der Waals surface area contributed by atoms with Gasteiger partial charge in [-0.1, -0.05) is 0 Å². The third-order valence-electron chi connectivity index (χ3n) is 3.10. The van der Waals surface area contributed by atoms with Gasteiger partial charge in [-0.05, 0) is 13.8 Å². The fourth-order valence-corrected chi connectivity index (χ4v) is 2.13. The molecule has 0 saturated heterocycles. The molecule has 7 heteroatoms. The van der Waals surface area contributed by atoms with Crippen molar-refractivity contribution in [3.05, 3.63) is 26.7 Å². The molecule has 7 nitrogen and oxygen atoms in total. The van der Waals surface area contributed by atoms with Crippen molar-refractivity contribution in [2.75, 3.05) is 0 Å². The third kappa shape index (κ3) is 1.51. The third-order valence-corrected chi connectivity index (χ3v) is 3.10. The lowest BCUT2D eigenvalue weighted by Gasteiger charge is -2.08. The quantitative estimate of drug-likeness (QED) is 0.777. The molecule has 0 aliphatic rings. The number of fused-ring (bicyclic) bond motifs is 1. The summed E-state index contributed by atoms with van der Waals surface area (Å²) in [4.78, 5) is 28.3. The number of rotatable bonds is 2. The van der Waals surface area contributed by atoms with Crippen molar-refractivity contribution in [3.63, 3.8) is 0 Å². The van der Waals surface area contributed by atoms with Gasteiger partial charge in [-0.2, -0.15) is 0 Å². The molecule has 0 saturated carbocycles. The molecule has 2 aromatic heterocycles. The minimum absolute atomic E-state index is 0.294. The number of imidazole rings is 1. The predicted molar refractivity (Wildman–Crippen MR) is 68.5 cm³/mol. The predicted octanol–water partition coefficient (Wildman–Crippen LogP) is -0.527. The van der Waals surface area contributed by atoms with Gasteiger partial charge in [-0.25, -0.2) is 9.78 Å². The molecule has 0 aromatic carbocycles. The number of aromatic nitrogens is 4. The molecule has 0 amide bonds. The summed E-state index contributed by atoms with van der Waals surface area (Å²) < 4.78 is 4.22. The maximum absolute atomic E-state index is 12.2. The average molecular weight is 251 g/mol. The van der Waals surface area contributed by atoms with Gasteiger partial charge in [0, 0.05) is 20.6 Å². The zero-order valence-corrected chi connectivity index (χ0v) is 11.0. The number of hydrogen-bond donors (Lipinski definition) is 1. The van der Waals surface area contributed by atoms with Crippen LogP contribution >= 0.6 is 0 Å². The van der Waals surface area contributed by atoms with Crippen LogP contribution in [0.4, 0.5) is 0 Å². The van der Waals surface area contributed by atoms with Gasteiger partial charge in [0.1, 0.15) is 5.82 Å². The van der Waals surface area contributed by atoms with Crippen molar-refractivity contribution < 1.29 is 0 Å². The van der Waals surface area contributed by atoms with Gasteiger partial charge in [-0.15, -0.1) is 0 Å². The van der Waals surface area contributed by atoms with E-state index in [0.717, 1.165) is 4.57 Å². The van der Waals surface area contributed by atoms with E-state index in [0.29, 0.717) is 23.5 Å². The van der Waals surface area contributed by atoms with Crippen LogP contribution < -0.4 is 17.0 Å². The average Bonchev–Trinajstić information content (AvgIpc) is 2.73. The fourth-order valence-electron chi connectivity index (χ4n) is 2.13. The summed E-state index contributed by atoms with van der Waals surface area (Å²) >= 11 is 0. The summed E-state index contributed by atoms with van der Waals surface area (Å²) in [5.41, 5.74) is 5.94. The number of aryl methyl sites for hydroxylation is 2. The van der Waals surface area contributed by atoms with Gasteiger partial charge in [0.2, 0.25) is 0 Å². The lowest BCUT2D eigenvalue weighted by atomic mass is 10.3. The molecular formula is C11H17N5O2. The van der Waals surface area contributed by atoms with Crippen LogP contribution in [0, 0.1) is 0 Å². The van der Waals surface area contributed by atoms with E-state index in [1.807, 2.05) is 6.92 Å². The molecule has 0 aliphatic heterocycles. The van der Waals surface area contributed by atoms with Crippen LogP contribution in [0.5, 0.6) is 0 Å². The molecule has 0 bridgehead atoms. The molecule has 98 valence electrons. The van der Waals surface area contributed by atoms with Crippen LogP contribution in [0.1, 0.15) is 25.7 Å². The molecule has 0 spiro atoms. The minimum Gasteiger partial charge on any atom is -0.322 e. The minimum atomic E-state index is -0.385. The monoisotopic (exact) mass is 251 g/mol. The Morgan fingerprint density at radius 1 is 1.28 bits per heavy atom. The van der Waals surface area contributed by atoms with Crippen molar-refractivity contribution in [1.29, 1.82) is 0 Å². The van der Waals surface area contributed by atoms with E-state index < -0.39 is 0 Å². The zero-order chi connectivity index (χ0) is 13.6. The van der Waals surface area contributed by atoms with Crippen LogP contribution in [-0.4, -0.2) is 18.7 Å². The van der Waals surface area contributed by atoms with E-state index >= 15 is 0 Å². The standard InChI is InChI=1S/C11H17N5O2/c1-5-16-7-9(13-8(16)6(2)12)14(3)11(18)15(4)10(7)17/h6H,5,12H2,1-4H3. The molecule has 0 radical (unpaired) electrons. The zero-order valence-electron chi connectivity index (χ0n) is 11.0. The highest BCUT2D eigenvalue weighted by molar-refractivity contribution is 5.71. The summed E-state index contributed by atoms with van der Waals surface area (Å²) in [5, 5.41) is 0. The maximum atomic E-state index is 12.2. The summed E-state index contributed by atoms with van der Waals surface area (Å²) in [6, 6.07) is -0.294. The molecule has 2 aromatic rings.